The molecule has 0 unspecified atom stereocenters. The van der Waals surface area contributed by atoms with E-state index in [0.29, 0.717) is 29.0 Å². The molecular formula is C24H27FN6O. The Morgan fingerprint density at radius 3 is 2.66 bits per heavy atom. The molecule has 1 aliphatic rings. The zero-order chi connectivity index (χ0) is 22.6. The molecule has 1 saturated heterocycles. The number of rotatable bonds is 3. The standard InChI is InChI=1S/C24H27FN6O/c1-15(2)30-8-7-28(12-17(30)4)19-5-6-22-27-21(10-23(32)31(22)14-19)18-9-20(25)24-26-16(3)11-29(24)13-18/h5-6,9-11,13-15,17H,7-8,12H2,1-4H3/t17-/m0/s1. The molecule has 7 nitrogen and oxygen atoms in total. The van der Waals surface area contributed by atoms with Crippen molar-refractivity contribution in [3.63, 3.8) is 0 Å². The Hall–Kier alpha value is -3.26. The van der Waals surface area contributed by atoms with Gasteiger partial charge in [-0.3, -0.25) is 14.1 Å². The predicted octanol–water partition coefficient (Wildman–Crippen LogP) is 3.38. The monoisotopic (exact) mass is 434 g/mol. The van der Waals surface area contributed by atoms with Crippen molar-refractivity contribution in [2.45, 2.75) is 39.8 Å². The Morgan fingerprint density at radius 1 is 1.09 bits per heavy atom. The number of aryl methyl sites for hydroxylation is 1. The molecule has 0 aliphatic carbocycles. The highest BCUT2D eigenvalue weighted by Crippen LogP contribution is 2.23. The first-order valence-electron chi connectivity index (χ1n) is 11.0. The number of pyridine rings is 2. The third-order valence-corrected chi connectivity index (χ3v) is 6.27. The summed E-state index contributed by atoms with van der Waals surface area (Å²) in [5.74, 6) is -0.442. The van der Waals surface area contributed by atoms with Gasteiger partial charge in [0.25, 0.3) is 5.56 Å². The molecule has 1 fully saturated rings. The van der Waals surface area contributed by atoms with Gasteiger partial charge in [-0.05, 0) is 45.9 Å². The average molecular weight is 435 g/mol. The number of anilines is 1. The maximum Gasteiger partial charge on any atom is 0.258 e. The van der Waals surface area contributed by atoms with Gasteiger partial charge in [0.05, 0.1) is 17.1 Å². The molecule has 4 aromatic rings. The van der Waals surface area contributed by atoms with Gasteiger partial charge < -0.3 is 9.30 Å². The van der Waals surface area contributed by atoms with Gasteiger partial charge >= 0.3 is 0 Å². The third-order valence-electron chi connectivity index (χ3n) is 6.27. The minimum atomic E-state index is -0.442. The quantitative estimate of drug-likeness (QED) is 0.495. The van der Waals surface area contributed by atoms with Crippen LogP contribution in [-0.4, -0.2) is 55.4 Å². The Morgan fingerprint density at radius 2 is 1.91 bits per heavy atom. The molecule has 32 heavy (non-hydrogen) atoms. The van der Waals surface area contributed by atoms with Crippen LogP contribution >= 0.6 is 0 Å². The number of aromatic nitrogens is 4. The molecule has 1 aliphatic heterocycles. The Labute approximate surface area is 185 Å². The fourth-order valence-electron chi connectivity index (χ4n) is 4.72. The van der Waals surface area contributed by atoms with Gasteiger partial charge in [-0.25, -0.2) is 14.4 Å². The lowest BCUT2D eigenvalue weighted by molar-refractivity contribution is 0.148. The van der Waals surface area contributed by atoms with Gasteiger partial charge in [0, 0.05) is 61.9 Å². The smallest absolute Gasteiger partial charge is 0.258 e. The maximum atomic E-state index is 14.5. The number of imidazole rings is 1. The molecule has 0 spiro atoms. The lowest BCUT2D eigenvalue weighted by atomic mass is 10.1. The first-order valence-corrected chi connectivity index (χ1v) is 11.0. The lowest BCUT2D eigenvalue weighted by Gasteiger charge is -2.43. The summed E-state index contributed by atoms with van der Waals surface area (Å²) in [4.78, 5) is 26.6. The van der Waals surface area contributed by atoms with Crippen molar-refractivity contribution >= 4 is 17.0 Å². The Kier molecular flexibility index (Phi) is 4.97. The van der Waals surface area contributed by atoms with Crippen molar-refractivity contribution in [1.29, 1.82) is 0 Å². The van der Waals surface area contributed by atoms with Crippen LogP contribution in [0.15, 0.2) is 47.7 Å². The summed E-state index contributed by atoms with van der Waals surface area (Å²) in [6, 6.07) is 7.66. The third kappa shape index (κ3) is 3.54. The molecule has 1 atom stereocenters. The van der Waals surface area contributed by atoms with Crippen LogP contribution in [-0.2, 0) is 0 Å². The molecule has 0 amide bonds. The van der Waals surface area contributed by atoms with Gasteiger partial charge in [0.15, 0.2) is 11.5 Å². The Balaban J connectivity index is 1.50. The molecule has 166 valence electrons. The van der Waals surface area contributed by atoms with E-state index in [0.717, 1.165) is 31.0 Å². The molecular weight excluding hydrogens is 407 g/mol. The van der Waals surface area contributed by atoms with Crippen LogP contribution in [0.4, 0.5) is 10.1 Å². The predicted molar refractivity (Wildman–Crippen MR) is 124 cm³/mol. The topological polar surface area (TPSA) is 58.2 Å². The first-order chi connectivity index (χ1) is 15.3. The highest BCUT2D eigenvalue weighted by atomic mass is 19.1. The second-order valence-electron chi connectivity index (χ2n) is 8.91. The molecule has 8 heteroatoms. The van der Waals surface area contributed by atoms with Gasteiger partial charge in [-0.15, -0.1) is 0 Å². The average Bonchev–Trinajstić information content (AvgIpc) is 3.14. The number of halogens is 1. The molecule has 5 rings (SSSR count). The molecule has 4 aromatic heterocycles. The summed E-state index contributed by atoms with van der Waals surface area (Å²) in [6.45, 7) is 11.3. The number of fused-ring (bicyclic) bond motifs is 2. The van der Waals surface area contributed by atoms with E-state index in [-0.39, 0.29) is 11.2 Å². The van der Waals surface area contributed by atoms with Crippen LogP contribution in [0.3, 0.4) is 0 Å². The first kappa shape index (κ1) is 20.6. The van der Waals surface area contributed by atoms with E-state index >= 15 is 0 Å². The van der Waals surface area contributed by atoms with Crippen molar-refractivity contribution in [1.82, 2.24) is 23.7 Å². The second kappa shape index (κ2) is 7.70. The minimum Gasteiger partial charge on any atom is -0.367 e. The van der Waals surface area contributed by atoms with Crippen molar-refractivity contribution < 1.29 is 4.39 Å². The van der Waals surface area contributed by atoms with Crippen molar-refractivity contribution in [3.8, 4) is 11.3 Å². The second-order valence-corrected chi connectivity index (χ2v) is 8.91. The lowest BCUT2D eigenvalue weighted by Crippen LogP contribution is -2.54. The fourth-order valence-corrected chi connectivity index (χ4v) is 4.72. The summed E-state index contributed by atoms with van der Waals surface area (Å²) in [5.41, 5.74) is 3.31. The minimum absolute atomic E-state index is 0.192. The van der Waals surface area contributed by atoms with Gasteiger partial charge in [0.2, 0.25) is 0 Å². The molecule has 0 aromatic carbocycles. The van der Waals surface area contributed by atoms with Crippen LogP contribution in [0.1, 0.15) is 26.5 Å². The van der Waals surface area contributed by atoms with Crippen LogP contribution in [0.2, 0.25) is 0 Å². The fraction of sp³-hybridized carbons (Fsp3) is 0.375. The molecule has 5 heterocycles. The molecule has 0 bridgehead atoms. The summed E-state index contributed by atoms with van der Waals surface area (Å²) in [7, 11) is 0. The van der Waals surface area contributed by atoms with E-state index in [1.807, 2.05) is 25.3 Å². The normalized spacial score (nSPS) is 17.7. The van der Waals surface area contributed by atoms with E-state index in [1.54, 1.807) is 21.2 Å². The van der Waals surface area contributed by atoms with E-state index in [1.165, 1.54) is 12.1 Å². The number of hydrogen-bond acceptors (Lipinski definition) is 5. The summed E-state index contributed by atoms with van der Waals surface area (Å²) < 4.78 is 17.7. The summed E-state index contributed by atoms with van der Waals surface area (Å²) >= 11 is 0. The van der Waals surface area contributed by atoms with E-state index in [9.17, 15) is 9.18 Å². The van der Waals surface area contributed by atoms with Gasteiger partial charge in [-0.2, -0.15) is 0 Å². The molecule has 0 saturated carbocycles. The van der Waals surface area contributed by atoms with Crippen molar-refractivity contribution in [2.75, 3.05) is 24.5 Å². The highest BCUT2D eigenvalue weighted by molar-refractivity contribution is 5.64. The van der Waals surface area contributed by atoms with Crippen LogP contribution in [0.5, 0.6) is 0 Å². The number of piperazine rings is 1. The van der Waals surface area contributed by atoms with Crippen molar-refractivity contribution in [2.24, 2.45) is 0 Å². The van der Waals surface area contributed by atoms with Crippen LogP contribution < -0.4 is 10.5 Å². The number of nitrogens with zero attached hydrogens (tertiary/aromatic N) is 6. The maximum absolute atomic E-state index is 14.5. The zero-order valence-electron chi connectivity index (χ0n) is 18.8. The van der Waals surface area contributed by atoms with Crippen LogP contribution in [0, 0.1) is 12.7 Å². The molecule has 0 N–H and O–H groups in total. The SMILES string of the molecule is Cc1cn2cc(-c3cc(=O)n4cc(N5CCN(C(C)C)[C@@H](C)C5)ccc4n3)cc(F)c2n1. The Bertz CT molecular complexity index is 1370. The highest BCUT2D eigenvalue weighted by Gasteiger charge is 2.25. The molecule has 0 radical (unpaired) electrons. The summed E-state index contributed by atoms with van der Waals surface area (Å²) in [5, 5.41) is 0. The summed E-state index contributed by atoms with van der Waals surface area (Å²) in [6.07, 6.45) is 5.36. The van der Waals surface area contributed by atoms with Gasteiger partial charge in [0.1, 0.15) is 5.65 Å². The van der Waals surface area contributed by atoms with E-state index < -0.39 is 5.82 Å². The van der Waals surface area contributed by atoms with Crippen LogP contribution in [0.25, 0.3) is 22.6 Å². The zero-order valence-corrected chi connectivity index (χ0v) is 18.8. The number of hydrogen-bond donors (Lipinski definition) is 0. The van der Waals surface area contributed by atoms with E-state index in [4.69, 9.17) is 0 Å². The van der Waals surface area contributed by atoms with Gasteiger partial charge in [-0.1, -0.05) is 0 Å². The van der Waals surface area contributed by atoms with Crippen molar-refractivity contribution in [3.05, 3.63) is 64.7 Å². The largest absolute Gasteiger partial charge is 0.367 e. The van der Waals surface area contributed by atoms with E-state index in [2.05, 4.69) is 40.5 Å².